The smallest absolute Gasteiger partial charge is 0.240 e. The molecule has 2 aromatic heterocycles. The van der Waals surface area contributed by atoms with E-state index in [1.54, 1.807) is 24.6 Å². The van der Waals surface area contributed by atoms with Crippen molar-refractivity contribution in [2.45, 2.75) is 50.4 Å². The van der Waals surface area contributed by atoms with Crippen LogP contribution < -0.4 is 5.32 Å². The number of hydrogen-bond acceptors (Lipinski definition) is 7. The van der Waals surface area contributed by atoms with Gasteiger partial charge in [-0.2, -0.15) is 4.68 Å². The number of nitrogens with one attached hydrogen (secondary N) is 1. The Labute approximate surface area is 161 Å². The third-order valence-electron chi connectivity index (χ3n) is 3.97. The number of rotatable bonds is 8. The molecule has 0 saturated heterocycles. The second-order valence-corrected chi connectivity index (χ2v) is 7.53. The van der Waals surface area contributed by atoms with Crippen molar-refractivity contribution in [2.24, 2.45) is 0 Å². The highest BCUT2D eigenvalue weighted by molar-refractivity contribution is 8.00. The SMILES string of the molecule is CCCCc1ccc(-n2nnnc2SC(C)C(=O)Nc2cc(C)no2)cc1. The predicted octanol–water partition coefficient (Wildman–Crippen LogP) is 3.42. The molecule has 27 heavy (non-hydrogen) atoms. The van der Waals surface area contributed by atoms with Crippen LogP contribution in [0.4, 0.5) is 5.88 Å². The van der Waals surface area contributed by atoms with Crippen LogP contribution in [0.2, 0.25) is 0 Å². The molecule has 1 atom stereocenters. The number of carbonyl (C=O) groups excluding carboxylic acids is 1. The van der Waals surface area contributed by atoms with Gasteiger partial charge in [-0.05, 0) is 54.8 Å². The van der Waals surface area contributed by atoms with Gasteiger partial charge in [0.25, 0.3) is 0 Å². The summed E-state index contributed by atoms with van der Waals surface area (Å²) in [4.78, 5) is 12.3. The quantitative estimate of drug-likeness (QED) is 0.592. The molecule has 1 amide bonds. The second-order valence-electron chi connectivity index (χ2n) is 6.23. The van der Waals surface area contributed by atoms with Gasteiger partial charge >= 0.3 is 0 Å². The van der Waals surface area contributed by atoms with Crippen LogP contribution in [0.1, 0.15) is 37.9 Å². The third-order valence-corrected chi connectivity index (χ3v) is 5.00. The third kappa shape index (κ3) is 4.94. The maximum atomic E-state index is 12.3. The van der Waals surface area contributed by atoms with Gasteiger partial charge in [0.1, 0.15) is 0 Å². The van der Waals surface area contributed by atoms with Crippen molar-refractivity contribution in [3.63, 3.8) is 0 Å². The van der Waals surface area contributed by atoms with E-state index in [2.05, 4.69) is 45.1 Å². The van der Waals surface area contributed by atoms with Gasteiger partial charge in [0.15, 0.2) is 0 Å². The van der Waals surface area contributed by atoms with Gasteiger partial charge in [-0.3, -0.25) is 10.1 Å². The molecule has 142 valence electrons. The zero-order valence-corrected chi connectivity index (χ0v) is 16.4. The van der Waals surface area contributed by atoms with E-state index in [4.69, 9.17) is 4.52 Å². The molecule has 3 aromatic rings. The molecule has 0 aliphatic heterocycles. The average molecular weight is 386 g/mol. The Hall–Kier alpha value is -2.68. The molecule has 1 unspecified atom stereocenters. The van der Waals surface area contributed by atoms with Crippen LogP contribution in [-0.4, -0.2) is 36.5 Å². The van der Waals surface area contributed by atoms with Crippen molar-refractivity contribution < 1.29 is 9.32 Å². The zero-order chi connectivity index (χ0) is 19.2. The summed E-state index contributed by atoms with van der Waals surface area (Å²) in [6.07, 6.45) is 3.40. The molecule has 2 heterocycles. The minimum absolute atomic E-state index is 0.208. The van der Waals surface area contributed by atoms with Crippen molar-refractivity contribution >= 4 is 23.6 Å². The Morgan fingerprint density at radius 3 is 2.78 bits per heavy atom. The fraction of sp³-hybridized carbons (Fsp3) is 0.389. The number of amides is 1. The van der Waals surface area contributed by atoms with Crippen LogP contribution in [0.15, 0.2) is 40.0 Å². The predicted molar refractivity (Wildman–Crippen MR) is 103 cm³/mol. The lowest BCUT2D eigenvalue weighted by atomic mass is 10.1. The molecular formula is C18H22N6O2S. The maximum Gasteiger partial charge on any atom is 0.240 e. The van der Waals surface area contributed by atoms with E-state index in [0.29, 0.717) is 16.7 Å². The molecule has 1 N–H and O–H groups in total. The zero-order valence-electron chi connectivity index (χ0n) is 15.5. The van der Waals surface area contributed by atoms with Gasteiger partial charge in [0.05, 0.1) is 16.6 Å². The van der Waals surface area contributed by atoms with E-state index in [1.165, 1.54) is 30.2 Å². The van der Waals surface area contributed by atoms with Crippen LogP contribution in [-0.2, 0) is 11.2 Å². The lowest BCUT2D eigenvalue weighted by Gasteiger charge is -2.10. The molecule has 0 spiro atoms. The lowest BCUT2D eigenvalue weighted by molar-refractivity contribution is -0.115. The molecule has 0 aliphatic carbocycles. The van der Waals surface area contributed by atoms with Gasteiger partial charge < -0.3 is 4.52 Å². The van der Waals surface area contributed by atoms with Crippen LogP contribution >= 0.6 is 11.8 Å². The van der Waals surface area contributed by atoms with Gasteiger partial charge in [0.2, 0.25) is 16.9 Å². The van der Waals surface area contributed by atoms with Crippen molar-refractivity contribution in [3.05, 3.63) is 41.6 Å². The number of thioether (sulfide) groups is 1. The highest BCUT2D eigenvalue weighted by Crippen LogP contribution is 2.24. The summed E-state index contributed by atoms with van der Waals surface area (Å²) in [5.74, 6) is 0.118. The molecule has 0 radical (unpaired) electrons. The Morgan fingerprint density at radius 2 is 2.11 bits per heavy atom. The lowest BCUT2D eigenvalue weighted by Crippen LogP contribution is -2.22. The van der Waals surface area contributed by atoms with Crippen LogP contribution in [0.25, 0.3) is 5.69 Å². The molecule has 1 aromatic carbocycles. The van der Waals surface area contributed by atoms with Crippen molar-refractivity contribution in [1.29, 1.82) is 0 Å². The molecule has 3 rings (SSSR count). The Kier molecular flexibility index (Phi) is 6.23. The first-order chi connectivity index (χ1) is 13.1. The number of carbonyl (C=O) groups is 1. The molecule has 0 bridgehead atoms. The van der Waals surface area contributed by atoms with E-state index in [1.807, 2.05) is 12.1 Å². The number of benzene rings is 1. The number of hydrogen-bond donors (Lipinski definition) is 1. The van der Waals surface area contributed by atoms with E-state index in [-0.39, 0.29) is 5.91 Å². The molecule has 0 saturated carbocycles. The Bertz CT molecular complexity index is 889. The normalized spacial score (nSPS) is 12.1. The van der Waals surface area contributed by atoms with Crippen molar-refractivity contribution in [1.82, 2.24) is 25.4 Å². The van der Waals surface area contributed by atoms with Crippen LogP contribution in [0.5, 0.6) is 0 Å². The minimum Gasteiger partial charge on any atom is -0.338 e. The van der Waals surface area contributed by atoms with Crippen LogP contribution in [0.3, 0.4) is 0 Å². The van der Waals surface area contributed by atoms with Crippen molar-refractivity contribution in [2.75, 3.05) is 5.32 Å². The first-order valence-electron chi connectivity index (χ1n) is 8.85. The summed E-state index contributed by atoms with van der Waals surface area (Å²) in [5, 5.41) is 18.4. The second kappa shape index (κ2) is 8.81. The summed E-state index contributed by atoms with van der Waals surface area (Å²) in [6, 6.07) is 9.83. The van der Waals surface area contributed by atoms with Gasteiger partial charge in [0, 0.05) is 6.07 Å². The molecule has 0 fully saturated rings. The highest BCUT2D eigenvalue weighted by atomic mass is 32.2. The largest absolute Gasteiger partial charge is 0.338 e. The fourth-order valence-electron chi connectivity index (χ4n) is 2.46. The first-order valence-corrected chi connectivity index (χ1v) is 9.73. The number of nitrogens with zero attached hydrogens (tertiary/aromatic N) is 5. The number of aryl methyl sites for hydroxylation is 2. The monoisotopic (exact) mass is 386 g/mol. The van der Waals surface area contributed by atoms with Crippen LogP contribution in [0, 0.1) is 6.92 Å². The molecule has 0 aliphatic rings. The number of unbranched alkanes of at least 4 members (excludes halogenated alkanes) is 1. The Morgan fingerprint density at radius 1 is 1.33 bits per heavy atom. The van der Waals surface area contributed by atoms with Crippen molar-refractivity contribution in [3.8, 4) is 5.69 Å². The summed E-state index contributed by atoms with van der Waals surface area (Å²) in [6.45, 7) is 5.76. The fourth-order valence-corrected chi connectivity index (χ4v) is 3.26. The number of tetrazole rings is 1. The minimum atomic E-state index is -0.413. The summed E-state index contributed by atoms with van der Waals surface area (Å²) in [5.41, 5.74) is 2.86. The number of anilines is 1. The van der Waals surface area contributed by atoms with Gasteiger partial charge in [-0.15, -0.1) is 5.10 Å². The van der Waals surface area contributed by atoms with Gasteiger partial charge in [-0.1, -0.05) is 42.4 Å². The van der Waals surface area contributed by atoms with E-state index in [0.717, 1.165) is 12.1 Å². The summed E-state index contributed by atoms with van der Waals surface area (Å²) >= 11 is 1.28. The standard InChI is InChI=1S/C18H22N6O2S/c1-4-5-6-14-7-9-15(10-8-14)24-18(20-22-23-24)27-13(3)17(25)19-16-11-12(2)21-26-16/h7-11,13H,4-6H2,1-3H3,(H,19,25). The van der Waals surface area contributed by atoms with E-state index >= 15 is 0 Å². The van der Waals surface area contributed by atoms with Gasteiger partial charge in [-0.25, -0.2) is 0 Å². The molecular weight excluding hydrogens is 364 g/mol. The average Bonchev–Trinajstić information content (AvgIpc) is 3.29. The summed E-state index contributed by atoms with van der Waals surface area (Å²) < 4.78 is 6.65. The maximum absolute atomic E-state index is 12.3. The van der Waals surface area contributed by atoms with E-state index in [9.17, 15) is 4.79 Å². The molecule has 9 heteroatoms. The number of aromatic nitrogens is 5. The molecule has 8 nitrogen and oxygen atoms in total. The highest BCUT2D eigenvalue weighted by Gasteiger charge is 2.20. The topological polar surface area (TPSA) is 98.7 Å². The first kappa shape index (κ1) is 19.1. The Balaban J connectivity index is 1.66. The summed E-state index contributed by atoms with van der Waals surface area (Å²) in [7, 11) is 0. The van der Waals surface area contributed by atoms with E-state index < -0.39 is 5.25 Å².